The Morgan fingerprint density at radius 3 is 2.09 bits per heavy atom. The van der Waals surface area contributed by atoms with Crippen LogP contribution in [0.2, 0.25) is 0 Å². The van der Waals surface area contributed by atoms with Gasteiger partial charge in [-0.05, 0) is 61.6 Å². The van der Waals surface area contributed by atoms with Gasteiger partial charge >= 0.3 is 0 Å². The largest absolute Gasteiger partial charge is 0.254 e. The third-order valence-electron chi connectivity index (χ3n) is 9.12. The standard InChI is InChI=1S/C39H26N4/c1-39(2)30-12-7-19-40-36(30)37-31(39)20-27(22-41-37)32-21-33(43-38(42-32)26-8-4-3-5-9-26)28-17-15-25-14-13-23-10-6-11-24-16-18-29(28)35(25)34(23)24/h3-22H,1-2H3. The summed E-state index contributed by atoms with van der Waals surface area (Å²) in [6, 6.07) is 38.6. The zero-order valence-electron chi connectivity index (χ0n) is 23.8. The smallest absolute Gasteiger partial charge is 0.160 e. The molecule has 0 spiro atoms. The van der Waals surface area contributed by atoms with Gasteiger partial charge in [0, 0.05) is 34.5 Å². The monoisotopic (exact) mass is 550 g/mol. The highest BCUT2D eigenvalue weighted by Crippen LogP contribution is 2.47. The lowest BCUT2D eigenvalue weighted by molar-refractivity contribution is 0.658. The second-order valence-corrected chi connectivity index (χ2v) is 11.9. The van der Waals surface area contributed by atoms with Gasteiger partial charge in [-0.3, -0.25) is 9.97 Å². The summed E-state index contributed by atoms with van der Waals surface area (Å²) >= 11 is 0. The fourth-order valence-electron chi connectivity index (χ4n) is 6.92. The lowest BCUT2D eigenvalue weighted by atomic mass is 9.82. The Morgan fingerprint density at radius 1 is 0.535 bits per heavy atom. The summed E-state index contributed by atoms with van der Waals surface area (Å²) in [5.41, 5.74) is 8.89. The number of nitrogens with zero attached hydrogens (tertiary/aromatic N) is 4. The van der Waals surface area contributed by atoms with Gasteiger partial charge in [0.25, 0.3) is 0 Å². The van der Waals surface area contributed by atoms with Crippen LogP contribution in [0.1, 0.15) is 25.0 Å². The minimum absolute atomic E-state index is 0.202. The van der Waals surface area contributed by atoms with Gasteiger partial charge in [-0.2, -0.15) is 0 Å². The number of pyridine rings is 2. The molecule has 0 N–H and O–H groups in total. The van der Waals surface area contributed by atoms with E-state index in [4.69, 9.17) is 15.0 Å². The number of rotatable bonds is 3. The molecule has 4 nitrogen and oxygen atoms in total. The molecule has 3 heterocycles. The summed E-state index contributed by atoms with van der Waals surface area (Å²) < 4.78 is 0. The molecule has 4 heteroatoms. The maximum Gasteiger partial charge on any atom is 0.160 e. The van der Waals surface area contributed by atoms with E-state index < -0.39 is 0 Å². The predicted molar refractivity (Wildman–Crippen MR) is 175 cm³/mol. The first-order valence-corrected chi connectivity index (χ1v) is 14.6. The van der Waals surface area contributed by atoms with Crippen LogP contribution in [0.15, 0.2) is 122 Å². The molecule has 0 unspecified atom stereocenters. The molecule has 202 valence electrons. The van der Waals surface area contributed by atoms with E-state index in [1.165, 1.54) is 43.4 Å². The van der Waals surface area contributed by atoms with E-state index in [-0.39, 0.29) is 5.41 Å². The van der Waals surface area contributed by atoms with E-state index in [0.717, 1.165) is 39.5 Å². The maximum absolute atomic E-state index is 5.17. The van der Waals surface area contributed by atoms with Gasteiger partial charge in [-0.25, -0.2) is 9.97 Å². The van der Waals surface area contributed by atoms with E-state index >= 15 is 0 Å². The average molecular weight is 551 g/mol. The predicted octanol–water partition coefficient (Wildman–Crippen LogP) is 9.47. The van der Waals surface area contributed by atoms with Crippen LogP contribution in [0.5, 0.6) is 0 Å². The van der Waals surface area contributed by atoms with Crippen molar-refractivity contribution in [2.75, 3.05) is 0 Å². The molecule has 8 aromatic rings. The third kappa shape index (κ3) is 3.50. The second kappa shape index (κ2) is 8.76. The van der Waals surface area contributed by atoms with Crippen LogP contribution in [0.3, 0.4) is 0 Å². The average Bonchev–Trinajstić information content (AvgIpc) is 3.29. The highest BCUT2D eigenvalue weighted by atomic mass is 14.9. The molecule has 43 heavy (non-hydrogen) atoms. The first-order valence-electron chi connectivity index (χ1n) is 14.6. The van der Waals surface area contributed by atoms with E-state index in [9.17, 15) is 0 Å². The Kier molecular flexibility index (Phi) is 4.92. The third-order valence-corrected chi connectivity index (χ3v) is 9.12. The van der Waals surface area contributed by atoms with Gasteiger partial charge in [0.2, 0.25) is 0 Å². The second-order valence-electron chi connectivity index (χ2n) is 11.9. The Labute approximate surface area is 249 Å². The van der Waals surface area contributed by atoms with E-state index in [1.807, 2.05) is 36.7 Å². The summed E-state index contributed by atoms with van der Waals surface area (Å²) in [5, 5.41) is 7.52. The molecule has 5 aromatic carbocycles. The molecule has 0 amide bonds. The van der Waals surface area contributed by atoms with Crippen molar-refractivity contribution in [3.63, 3.8) is 0 Å². The van der Waals surface area contributed by atoms with Crippen LogP contribution >= 0.6 is 0 Å². The van der Waals surface area contributed by atoms with E-state index in [1.54, 1.807) is 0 Å². The Bertz CT molecular complexity index is 2360. The molecule has 3 aromatic heterocycles. The zero-order chi connectivity index (χ0) is 28.7. The molecule has 0 saturated carbocycles. The van der Waals surface area contributed by atoms with Gasteiger partial charge in [0.15, 0.2) is 5.82 Å². The molecule has 1 aliphatic rings. The molecular formula is C39H26N4. The van der Waals surface area contributed by atoms with Crippen molar-refractivity contribution in [3.8, 4) is 45.3 Å². The quantitative estimate of drug-likeness (QED) is 0.206. The normalized spacial score (nSPS) is 13.5. The SMILES string of the molecule is CC1(C)c2cccnc2-c2ncc(-c3cc(-c4ccc5ccc6cccc7ccc4c5c67)nc(-c4ccccc4)n3)cc21. The van der Waals surface area contributed by atoms with Crippen LogP contribution in [-0.4, -0.2) is 19.9 Å². The lowest BCUT2D eigenvalue weighted by Crippen LogP contribution is -2.15. The van der Waals surface area contributed by atoms with Crippen molar-refractivity contribution >= 4 is 32.3 Å². The molecule has 0 atom stereocenters. The molecule has 0 saturated heterocycles. The minimum Gasteiger partial charge on any atom is -0.254 e. The van der Waals surface area contributed by atoms with Gasteiger partial charge in [0.1, 0.15) is 0 Å². The van der Waals surface area contributed by atoms with Crippen LogP contribution in [-0.2, 0) is 5.41 Å². The minimum atomic E-state index is -0.202. The van der Waals surface area contributed by atoms with Crippen molar-refractivity contribution in [1.29, 1.82) is 0 Å². The summed E-state index contributed by atoms with van der Waals surface area (Å²) in [5.74, 6) is 0.698. The highest BCUT2D eigenvalue weighted by molar-refractivity contribution is 6.25. The molecule has 0 aliphatic heterocycles. The van der Waals surface area contributed by atoms with Gasteiger partial charge < -0.3 is 0 Å². The van der Waals surface area contributed by atoms with Crippen LogP contribution < -0.4 is 0 Å². The molecule has 9 rings (SSSR count). The van der Waals surface area contributed by atoms with Crippen LogP contribution in [0.25, 0.3) is 77.6 Å². The van der Waals surface area contributed by atoms with Crippen molar-refractivity contribution in [1.82, 2.24) is 19.9 Å². The maximum atomic E-state index is 5.17. The summed E-state index contributed by atoms with van der Waals surface area (Å²) in [4.78, 5) is 19.9. The van der Waals surface area contributed by atoms with Crippen molar-refractivity contribution in [3.05, 3.63) is 133 Å². The first kappa shape index (κ1) is 24.2. The van der Waals surface area contributed by atoms with Crippen molar-refractivity contribution in [2.45, 2.75) is 19.3 Å². The van der Waals surface area contributed by atoms with Crippen molar-refractivity contribution < 1.29 is 0 Å². The van der Waals surface area contributed by atoms with Crippen LogP contribution in [0.4, 0.5) is 0 Å². The fraction of sp³-hybridized carbons (Fsp3) is 0.0769. The number of hydrogen-bond acceptors (Lipinski definition) is 4. The molecule has 0 radical (unpaired) electrons. The molecule has 0 bridgehead atoms. The number of aromatic nitrogens is 4. The lowest BCUT2D eigenvalue weighted by Gasteiger charge is -2.21. The highest BCUT2D eigenvalue weighted by Gasteiger charge is 2.37. The number of benzene rings is 5. The van der Waals surface area contributed by atoms with Crippen LogP contribution in [0, 0.1) is 0 Å². The zero-order valence-corrected chi connectivity index (χ0v) is 23.8. The Morgan fingerprint density at radius 2 is 1.26 bits per heavy atom. The van der Waals surface area contributed by atoms with E-state index in [0.29, 0.717) is 5.82 Å². The topological polar surface area (TPSA) is 51.6 Å². The summed E-state index contributed by atoms with van der Waals surface area (Å²) in [7, 11) is 0. The first-order chi connectivity index (χ1) is 21.1. The molecule has 0 fully saturated rings. The number of fused-ring (bicyclic) bond motifs is 3. The van der Waals surface area contributed by atoms with E-state index in [2.05, 4.69) is 104 Å². The van der Waals surface area contributed by atoms with Gasteiger partial charge in [-0.1, -0.05) is 105 Å². The molecular weight excluding hydrogens is 524 g/mol. The number of hydrogen-bond donors (Lipinski definition) is 0. The summed E-state index contributed by atoms with van der Waals surface area (Å²) in [6.45, 7) is 4.49. The van der Waals surface area contributed by atoms with Gasteiger partial charge in [0.05, 0.1) is 22.8 Å². The molecule has 1 aliphatic carbocycles. The Hall–Kier alpha value is -5.48. The van der Waals surface area contributed by atoms with Gasteiger partial charge in [-0.15, -0.1) is 0 Å². The fourth-order valence-corrected chi connectivity index (χ4v) is 6.92. The van der Waals surface area contributed by atoms with Crippen molar-refractivity contribution in [2.24, 2.45) is 0 Å². The Balaban J connectivity index is 1.29. The summed E-state index contributed by atoms with van der Waals surface area (Å²) in [6.07, 6.45) is 3.78.